The summed E-state index contributed by atoms with van der Waals surface area (Å²) >= 11 is 0. The van der Waals surface area contributed by atoms with E-state index in [1.807, 2.05) is 40.8 Å². The van der Waals surface area contributed by atoms with E-state index in [1.165, 1.54) is 12.1 Å². The number of allylic oxidation sites excluding steroid dienone is 1. The highest BCUT2D eigenvalue weighted by molar-refractivity contribution is 5.97. The van der Waals surface area contributed by atoms with Crippen LogP contribution in [0.5, 0.6) is 11.5 Å². The average Bonchev–Trinajstić information content (AvgIpc) is 3.35. The first-order valence-electron chi connectivity index (χ1n) is 11.5. The molecule has 2 aromatic carbocycles. The molecule has 1 aromatic heterocycles. The fraction of sp³-hybridized carbons (Fsp3) is 0.308. The molecule has 1 atom stereocenters. The Kier molecular flexibility index (Phi) is 6.07. The maximum Gasteiger partial charge on any atom is 0.254 e. The predicted octanol–water partition coefficient (Wildman–Crippen LogP) is 3.68. The van der Waals surface area contributed by atoms with E-state index in [-0.39, 0.29) is 11.7 Å². The molecule has 5 rings (SSSR count). The van der Waals surface area contributed by atoms with Crippen LogP contribution in [0.4, 0.5) is 15.9 Å². The van der Waals surface area contributed by atoms with Gasteiger partial charge in [-0.05, 0) is 48.9 Å². The lowest BCUT2D eigenvalue weighted by Gasteiger charge is -2.38. The number of carbonyl (C=O) groups is 1. The summed E-state index contributed by atoms with van der Waals surface area (Å²) in [7, 11) is 3.19. The van der Waals surface area contributed by atoms with Crippen molar-refractivity contribution in [3.63, 3.8) is 0 Å². The van der Waals surface area contributed by atoms with Crippen molar-refractivity contribution in [1.82, 2.24) is 14.7 Å². The molecule has 182 valence electrons. The largest absolute Gasteiger partial charge is 0.493 e. The maximum absolute atomic E-state index is 13.9. The number of rotatable bonds is 5. The van der Waals surface area contributed by atoms with E-state index in [0.29, 0.717) is 43.3 Å². The molecule has 8 nitrogen and oxygen atoms in total. The number of methoxy groups -OCH3 is 2. The molecule has 1 unspecified atom stereocenters. The van der Waals surface area contributed by atoms with E-state index in [0.717, 1.165) is 22.8 Å². The highest BCUT2D eigenvalue weighted by Crippen LogP contribution is 2.39. The van der Waals surface area contributed by atoms with Crippen molar-refractivity contribution in [2.45, 2.75) is 13.0 Å². The molecule has 0 spiro atoms. The van der Waals surface area contributed by atoms with Crippen LogP contribution < -0.4 is 19.7 Å². The zero-order valence-corrected chi connectivity index (χ0v) is 20.0. The molecule has 1 saturated heterocycles. The summed E-state index contributed by atoms with van der Waals surface area (Å²) in [6.07, 6.45) is 1.72. The first-order valence-corrected chi connectivity index (χ1v) is 11.5. The van der Waals surface area contributed by atoms with E-state index in [2.05, 4.69) is 15.3 Å². The summed E-state index contributed by atoms with van der Waals surface area (Å²) in [6.45, 7) is 4.40. The van der Waals surface area contributed by atoms with Gasteiger partial charge in [0.1, 0.15) is 17.7 Å². The van der Waals surface area contributed by atoms with Crippen molar-refractivity contribution in [3.8, 4) is 11.5 Å². The number of hydrogen-bond acceptors (Lipinski definition) is 6. The monoisotopic (exact) mass is 477 g/mol. The van der Waals surface area contributed by atoms with Gasteiger partial charge in [0, 0.05) is 43.6 Å². The Labute approximate surface area is 203 Å². The Bertz CT molecular complexity index is 1260. The number of anilines is 2. The molecular formula is C26H28FN5O3. The van der Waals surface area contributed by atoms with Crippen LogP contribution in [-0.4, -0.2) is 61.0 Å². The normalized spacial score (nSPS) is 17.7. The number of fused-ring (bicyclic) bond motifs is 1. The summed E-state index contributed by atoms with van der Waals surface area (Å²) in [5.41, 5.74) is 3.27. The molecule has 2 aliphatic rings. The number of piperazine rings is 1. The lowest BCUT2D eigenvalue weighted by Crippen LogP contribution is -2.50. The van der Waals surface area contributed by atoms with Gasteiger partial charge in [0.05, 0.1) is 26.0 Å². The molecule has 2 aliphatic heterocycles. The maximum atomic E-state index is 13.9. The molecule has 0 bridgehead atoms. The van der Waals surface area contributed by atoms with Crippen LogP contribution in [0.1, 0.15) is 18.5 Å². The molecule has 0 saturated carbocycles. The Morgan fingerprint density at radius 1 is 1.00 bits per heavy atom. The molecule has 0 radical (unpaired) electrons. The molecular weight excluding hydrogens is 449 g/mol. The van der Waals surface area contributed by atoms with E-state index >= 15 is 0 Å². The van der Waals surface area contributed by atoms with E-state index in [9.17, 15) is 9.18 Å². The standard InChI is InChI=1S/C26H28FN5O3/c1-17-24(26(33)31-14-12-30(13-15-31)20-7-5-19(27)6-8-20)25(32-23(29-17)10-11-28-32)18-4-9-21(34-2)22(16-18)35-3/h4-11,16,25,29H,12-15H2,1-3H3. The van der Waals surface area contributed by atoms with Crippen molar-refractivity contribution >= 4 is 17.4 Å². The molecule has 3 heterocycles. The highest BCUT2D eigenvalue weighted by atomic mass is 19.1. The van der Waals surface area contributed by atoms with Gasteiger partial charge in [-0.3, -0.25) is 4.79 Å². The Morgan fingerprint density at radius 3 is 2.40 bits per heavy atom. The summed E-state index contributed by atoms with van der Waals surface area (Å²) < 4.78 is 26.1. The molecule has 1 N–H and O–H groups in total. The minimum atomic E-state index is -0.413. The second-order valence-electron chi connectivity index (χ2n) is 8.60. The minimum absolute atomic E-state index is 0.0327. The molecule has 0 aliphatic carbocycles. The summed E-state index contributed by atoms with van der Waals surface area (Å²) in [6, 6.07) is 13.6. The van der Waals surface area contributed by atoms with Gasteiger partial charge >= 0.3 is 0 Å². The molecule has 9 heteroatoms. The number of benzene rings is 2. The smallest absolute Gasteiger partial charge is 0.254 e. The van der Waals surface area contributed by atoms with Gasteiger partial charge in [0.25, 0.3) is 5.91 Å². The minimum Gasteiger partial charge on any atom is -0.493 e. The zero-order valence-electron chi connectivity index (χ0n) is 20.0. The third-order valence-corrected chi connectivity index (χ3v) is 6.62. The SMILES string of the molecule is COc1ccc(C2C(C(=O)N3CCN(c4ccc(F)cc4)CC3)=C(C)Nc3ccnn32)cc1OC. The van der Waals surface area contributed by atoms with Crippen LogP contribution in [-0.2, 0) is 4.79 Å². The first-order chi connectivity index (χ1) is 17.0. The van der Waals surface area contributed by atoms with Gasteiger partial charge in [0.2, 0.25) is 0 Å². The summed E-state index contributed by atoms with van der Waals surface area (Å²) in [5, 5.41) is 7.85. The number of nitrogens with zero attached hydrogens (tertiary/aromatic N) is 4. The lowest BCUT2D eigenvalue weighted by molar-refractivity contribution is -0.128. The quantitative estimate of drug-likeness (QED) is 0.605. The highest BCUT2D eigenvalue weighted by Gasteiger charge is 2.36. The second kappa shape index (κ2) is 9.32. The Hall–Kier alpha value is -4.01. The average molecular weight is 478 g/mol. The number of hydrogen-bond donors (Lipinski definition) is 1. The van der Waals surface area contributed by atoms with Crippen LogP contribution in [0.3, 0.4) is 0 Å². The first kappa shape index (κ1) is 22.8. The van der Waals surface area contributed by atoms with E-state index < -0.39 is 6.04 Å². The third kappa shape index (κ3) is 4.18. The van der Waals surface area contributed by atoms with E-state index in [1.54, 1.807) is 32.5 Å². The lowest BCUT2D eigenvalue weighted by atomic mass is 9.93. The number of halogens is 1. The van der Waals surface area contributed by atoms with Gasteiger partial charge in [-0.25, -0.2) is 9.07 Å². The Balaban J connectivity index is 1.43. The van der Waals surface area contributed by atoms with Crippen LogP contribution in [0.2, 0.25) is 0 Å². The Morgan fingerprint density at radius 2 is 1.71 bits per heavy atom. The van der Waals surface area contributed by atoms with Crippen LogP contribution in [0.25, 0.3) is 0 Å². The van der Waals surface area contributed by atoms with Gasteiger partial charge < -0.3 is 24.6 Å². The molecule has 35 heavy (non-hydrogen) atoms. The van der Waals surface area contributed by atoms with Crippen molar-refractivity contribution in [2.75, 3.05) is 50.6 Å². The molecule has 3 aromatic rings. The van der Waals surface area contributed by atoms with Crippen molar-refractivity contribution in [2.24, 2.45) is 0 Å². The fourth-order valence-corrected chi connectivity index (χ4v) is 4.80. The topological polar surface area (TPSA) is 71.9 Å². The van der Waals surface area contributed by atoms with Gasteiger partial charge in [0.15, 0.2) is 11.5 Å². The number of carbonyl (C=O) groups excluding carboxylic acids is 1. The van der Waals surface area contributed by atoms with Crippen molar-refractivity contribution < 1.29 is 18.7 Å². The van der Waals surface area contributed by atoms with Gasteiger partial charge in [-0.1, -0.05) is 6.07 Å². The third-order valence-electron chi connectivity index (χ3n) is 6.62. The van der Waals surface area contributed by atoms with Gasteiger partial charge in [-0.15, -0.1) is 0 Å². The molecule has 1 fully saturated rings. The zero-order chi connectivity index (χ0) is 24.5. The predicted molar refractivity (Wildman–Crippen MR) is 131 cm³/mol. The number of ether oxygens (including phenoxy) is 2. The molecule has 1 amide bonds. The van der Waals surface area contributed by atoms with E-state index in [4.69, 9.17) is 9.47 Å². The number of nitrogens with one attached hydrogen (secondary N) is 1. The summed E-state index contributed by atoms with van der Waals surface area (Å²) in [4.78, 5) is 18.0. The fourth-order valence-electron chi connectivity index (χ4n) is 4.80. The van der Waals surface area contributed by atoms with Crippen molar-refractivity contribution in [1.29, 1.82) is 0 Å². The second-order valence-corrected chi connectivity index (χ2v) is 8.60. The summed E-state index contributed by atoms with van der Waals surface area (Å²) in [5.74, 6) is 1.74. The number of aromatic nitrogens is 2. The van der Waals surface area contributed by atoms with Gasteiger partial charge in [-0.2, -0.15) is 5.10 Å². The van der Waals surface area contributed by atoms with Crippen molar-refractivity contribution in [3.05, 3.63) is 77.4 Å². The number of amides is 1. The van der Waals surface area contributed by atoms with Crippen LogP contribution >= 0.6 is 0 Å². The van der Waals surface area contributed by atoms with Crippen LogP contribution in [0, 0.1) is 5.82 Å². The van der Waals surface area contributed by atoms with Crippen LogP contribution in [0.15, 0.2) is 66.0 Å².